The minimum absolute atomic E-state index is 0.185. The van der Waals surface area contributed by atoms with Crippen molar-refractivity contribution in [1.29, 1.82) is 0 Å². The molecule has 0 fully saturated rings. The Labute approximate surface area is 115 Å². The van der Waals surface area contributed by atoms with Gasteiger partial charge in [0.2, 0.25) is 0 Å². The number of hydrogen-bond donors (Lipinski definition) is 1. The van der Waals surface area contributed by atoms with Crippen LogP contribution >= 0.6 is 0 Å². The van der Waals surface area contributed by atoms with Crippen molar-refractivity contribution in [3.63, 3.8) is 0 Å². The van der Waals surface area contributed by atoms with Gasteiger partial charge in [-0.2, -0.15) is 0 Å². The molecule has 0 amide bonds. The first-order valence-corrected chi connectivity index (χ1v) is 7.01. The zero-order chi connectivity index (χ0) is 14.6. The summed E-state index contributed by atoms with van der Waals surface area (Å²) in [6.07, 6.45) is 0. The Bertz CT molecular complexity index is 394. The van der Waals surface area contributed by atoms with Crippen molar-refractivity contribution in [3.8, 4) is 0 Å². The highest BCUT2D eigenvalue weighted by atomic mass is 19.1. The molecule has 0 saturated heterocycles. The van der Waals surface area contributed by atoms with Gasteiger partial charge in [0, 0.05) is 11.6 Å². The topological polar surface area (TPSA) is 12.0 Å². The molecule has 0 spiro atoms. The number of hydrogen-bond acceptors (Lipinski definition) is 1. The first-order valence-electron chi connectivity index (χ1n) is 7.01. The van der Waals surface area contributed by atoms with Crippen LogP contribution in [0.5, 0.6) is 0 Å². The second kappa shape index (κ2) is 6.99. The molecule has 1 nitrogen and oxygen atoms in total. The van der Waals surface area contributed by atoms with Crippen LogP contribution in [0.25, 0.3) is 0 Å². The van der Waals surface area contributed by atoms with Crippen molar-refractivity contribution in [2.45, 2.75) is 40.7 Å². The Morgan fingerprint density at radius 2 is 1.58 bits per heavy atom. The zero-order valence-electron chi connectivity index (χ0n) is 12.5. The zero-order valence-corrected chi connectivity index (χ0v) is 12.5. The van der Waals surface area contributed by atoms with Crippen LogP contribution in [-0.4, -0.2) is 6.54 Å². The number of benzene rings is 1. The first kappa shape index (κ1) is 16.1. The summed E-state index contributed by atoms with van der Waals surface area (Å²) in [7, 11) is 0. The highest BCUT2D eigenvalue weighted by Crippen LogP contribution is 2.22. The lowest BCUT2D eigenvalue weighted by Gasteiger charge is -2.27. The quantitative estimate of drug-likeness (QED) is 0.799. The summed E-state index contributed by atoms with van der Waals surface area (Å²) in [5.41, 5.74) is 0.395. The molecule has 1 aromatic rings. The fourth-order valence-electron chi connectivity index (χ4n) is 2.51. The van der Waals surface area contributed by atoms with Crippen LogP contribution < -0.4 is 5.32 Å². The summed E-state index contributed by atoms with van der Waals surface area (Å²) in [5, 5.41) is 3.32. The fraction of sp³-hybridized carbons (Fsp3) is 0.625. The van der Waals surface area contributed by atoms with Gasteiger partial charge in [0.05, 0.1) is 0 Å². The summed E-state index contributed by atoms with van der Waals surface area (Å²) >= 11 is 0. The summed E-state index contributed by atoms with van der Waals surface area (Å²) in [6, 6.07) is 3.42. The summed E-state index contributed by atoms with van der Waals surface area (Å²) in [6.45, 7) is 11.5. The van der Waals surface area contributed by atoms with Gasteiger partial charge in [0.1, 0.15) is 11.6 Å². The Kier molecular flexibility index (Phi) is 5.92. The Hall–Kier alpha value is -0.960. The van der Waals surface area contributed by atoms with Gasteiger partial charge in [-0.15, -0.1) is 0 Å². The molecule has 0 radical (unpaired) electrons. The standard InChI is InChI=1S/C16H25F2N/c1-10(2)15(11(3)4)9-19-12(5)14-8-13(17)6-7-16(14)18/h6-8,10-12,15,19H,9H2,1-5H3. The maximum atomic E-state index is 13.7. The molecule has 3 heteroatoms. The second-order valence-corrected chi connectivity index (χ2v) is 5.95. The molecule has 0 aliphatic heterocycles. The molecule has 1 rings (SSSR count). The van der Waals surface area contributed by atoms with Crippen molar-refractivity contribution in [1.82, 2.24) is 5.32 Å². The highest BCUT2D eigenvalue weighted by Gasteiger charge is 2.19. The minimum Gasteiger partial charge on any atom is -0.310 e. The molecule has 1 aromatic carbocycles. The molecule has 0 aliphatic carbocycles. The van der Waals surface area contributed by atoms with E-state index in [1.54, 1.807) is 0 Å². The van der Waals surface area contributed by atoms with E-state index in [9.17, 15) is 8.78 Å². The molecular weight excluding hydrogens is 244 g/mol. The maximum Gasteiger partial charge on any atom is 0.128 e. The predicted octanol–water partition coefficient (Wildman–Crippen LogP) is 4.54. The van der Waals surface area contributed by atoms with Gasteiger partial charge in [0.15, 0.2) is 0 Å². The first-order chi connectivity index (χ1) is 8.82. The van der Waals surface area contributed by atoms with E-state index in [1.807, 2.05) is 6.92 Å². The Morgan fingerprint density at radius 1 is 1.00 bits per heavy atom. The molecule has 0 aromatic heterocycles. The molecule has 0 bridgehead atoms. The van der Waals surface area contributed by atoms with E-state index in [4.69, 9.17) is 0 Å². The third-order valence-corrected chi connectivity index (χ3v) is 3.80. The average Bonchev–Trinajstić information content (AvgIpc) is 2.31. The molecule has 0 heterocycles. The molecular formula is C16H25F2N. The number of nitrogens with one attached hydrogen (secondary N) is 1. The SMILES string of the molecule is CC(NCC(C(C)C)C(C)C)c1cc(F)ccc1F. The third kappa shape index (κ3) is 4.57. The molecule has 1 N–H and O–H groups in total. The van der Waals surface area contributed by atoms with E-state index in [1.165, 1.54) is 12.1 Å². The normalized spacial score (nSPS) is 13.6. The lowest BCUT2D eigenvalue weighted by atomic mass is 9.85. The monoisotopic (exact) mass is 269 g/mol. The molecule has 1 unspecified atom stereocenters. The van der Waals surface area contributed by atoms with E-state index in [-0.39, 0.29) is 11.9 Å². The fourth-order valence-corrected chi connectivity index (χ4v) is 2.51. The van der Waals surface area contributed by atoms with Crippen molar-refractivity contribution in [3.05, 3.63) is 35.4 Å². The van der Waals surface area contributed by atoms with Crippen molar-refractivity contribution >= 4 is 0 Å². The van der Waals surface area contributed by atoms with E-state index >= 15 is 0 Å². The second-order valence-electron chi connectivity index (χ2n) is 5.95. The van der Waals surface area contributed by atoms with Gasteiger partial charge in [-0.3, -0.25) is 0 Å². The van der Waals surface area contributed by atoms with Gasteiger partial charge in [0.25, 0.3) is 0 Å². The molecule has 0 aliphatic rings. The van der Waals surface area contributed by atoms with Crippen LogP contribution in [0.2, 0.25) is 0 Å². The summed E-state index contributed by atoms with van der Waals surface area (Å²) in [4.78, 5) is 0. The molecule has 19 heavy (non-hydrogen) atoms. The lowest BCUT2D eigenvalue weighted by molar-refractivity contribution is 0.267. The van der Waals surface area contributed by atoms with E-state index in [0.717, 1.165) is 12.6 Å². The van der Waals surface area contributed by atoms with Gasteiger partial charge in [-0.1, -0.05) is 27.7 Å². The highest BCUT2D eigenvalue weighted by molar-refractivity contribution is 5.21. The van der Waals surface area contributed by atoms with Crippen molar-refractivity contribution < 1.29 is 8.78 Å². The van der Waals surface area contributed by atoms with Crippen LogP contribution in [0.1, 0.15) is 46.2 Å². The third-order valence-electron chi connectivity index (χ3n) is 3.80. The molecule has 1 atom stereocenters. The van der Waals surface area contributed by atoms with E-state index in [0.29, 0.717) is 23.3 Å². The summed E-state index contributed by atoms with van der Waals surface area (Å²) < 4.78 is 26.8. The molecule has 108 valence electrons. The van der Waals surface area contributed by atoms with Crippen LogP contribution in [0, 0.1) is 29.4 Å². The van der Waals surface area contributed by atoms with Gasteiger partial charge < -0.3 is 5.32 Å². The average molecular weight is 269 g/mol. The van der Waals surface area contributed by atoms with Gasteiger partial charge in [-0.25, -0.2) is 8.78 Å². The minimum atomic E-state index is -0.394. The van der Waals surface area contributed by atoms with E-state index in [2.05, 4.69) is 33.0 Å². The lowest BCUT2D eigenvalue weighted by Crippen LogP contribution is -2.31. The van der Waals surface area contributed by atoms with Crippen LogP contribution in [0.15, 0.2) is 18.2 Å². The van der Waals surface area contributed by atoms with E-state index < -0.39 is 5.82 Å². The van der Waals surface area contributed by atoms with Crippen LogP contribution in [-0.2, 0) is 0 Å². The summed E-state index contributed by atoms with van der Waals surface area (Å²) in [5.74, 6) is 0.912. The van der Waals surface area contributed by atoms with Crippen molar-refractivity contribution in [2.75, 3.05) is 6.54 Å². The number of rotatable bonds is 6. The number of halogens is 2. The predicted molar refractivity (Wildman–Crippen MR) is 75.9 cm³/mol. The van der Waals surface area contributed by atoms with Crippen molar-refractivity contribution in [2.24, 2.45) is 17.8 Å². The largest absolute Gasteiger partial charge is 0.310 e. The van der Waals surface area contributed by atoms with Gasteiger partial charge >= 0.3 is 0 Å². The van der Waals surface area contributed by atoms with Crippen LogP contribution in [0.3, 0.4) is 0 Å². The Morgan fingerprint density at radius 3 is 2.11 bits per heavy atom. The maximum absolute atomic E-state index is 13.7. The van der Waals surface area contributed by atoms with Crippen LogP contribution in [0.4, 0.5) is 8.78 Å². The molecule has 0 saturated carbocycles. The Balaban J connectivity index is 2.69. The van der Waals surface area contributed by atoms with Gasteiger partial charge in [-0.05, 0) is 49.4 Å². The smallest absolute Gasteiger partial charge is 0.128 e.